The molecular formula is C19H24N4O3. The number of nitrogens with zero attached hydrogens (tertiary/aromatic N) is 2. The second kappa shape index (κ2) is 6.81. The quantitative estimate of drug-likeness (QED) is 0.760. The van der Waals surface area contributed by atoms with Crippen LogP contribution >= 0.6 is 0 Å². The second-order valence-electron chi connectivity index (χ2n) is 7.39. The molecule has 0 saturated carbocycles. The van der Waals surface area contributed by atoms with Gasteiger partial charge in [-0.15, -0.1) is 0 Å². The van der Waals surface area contributed by atoms with Gasteiger partial charge in [0.2, 0.25) is 11.8 Å². The Kier molecular flexibility index (Phi) is 4.50. The van der Waals surface area contributed by atoms with Crippen LogP contribution < -0.4 is 11.1 Å². The van der Waals surface area contributed by atoms with Crippen LogP contribution in [0, 0.1) is 0 Å². The standard InChI is InChI=1S/C19H24N4O3/c20-9-14-2-1-7-22(14)10-12-3-4-15-13(8-12)11-23(19(15)26)16-5-6-17(24)21-18(16)25/h3-4,8,14,16H,1-2,5-7,9-11,20H2,(H,21,24,25). The summed E-state index contributed by atoms with van der Waals surface area (Å²) in [6.07, 6.45) is 2.98. The number of nitrogens with two attached hydrogens (primary N) is 1. The summed E-state index contributed by atoms with van der Waals surface area (Å²) in [7, 11) is 0. The number of imide groups is 1. The lowest BCUT2D eigenvalue weighted by Gasteiger charge is -2.29. The molecule has 0 bridgehead atoms. The van der Waals surface area contributed by atoms with Crippen molar-refractivity contribution in [2.45, 2.75) is 50.9 Å². The molecule has 7 nitrogen and oxygen atoms in total. The number of nitrogens with one attached hydrogen (secondary N) is 1. The highest BCUT2D eigenvalue weighted by molar-refractivity contribution is 6.05. The first-order valence-electron chi connectivity index (χ1n) is 9.27. The third kappa shape index (κ3) is 3.01. The lowest BCUT2D eigenvalue weighted by molar-refractivity contribution is -0.136. The van der Waals surface area contributed by atoms with Crippen molar-refractivity contribution in [1.29, 1.82) is 0 Å². The lowest BCUT2D eigenvalue weighted by Crippen LogP contribution is -2.52. The van der Waals surface area contributed by atoms with Crippen LogP contribution in [0.5, 0.6) is 0 Å². The summed E-state index contributed by atoms with van der Waals surface area (Å²) in [6, 6.07) is 5.81. The molecule has 3 heterocycles. The zero-order chi connectivity index (χ0) is 18.3. The number of fused-ring (bicyclic) bond motifs is 1. The Bertz CT molecular complexity index is 763. The van der Waals surface area contributed by atoms with Crippen LogP contribution in [0.15, 0.2) is 18.2 Å². The maximum atomic E-state index is 12.7. The van der Waals surface area contributed by atoms with E-state index in [1.54, 1.807) is 4.90 Å². The fraction of sp³-hybridized carbons (Fsp3) is 0.526. The molecule has 2 saturated heterocycles. The second-order valence-corrected chi connectivity index (χ2v) is 7.39. The third-order valence-electron chi connectivity index (χ3n) is 5.74. The SMILES string of the molecule is NCC1CCCN1Cc1ccc2c(c1)CN(C1CCC(=O)NC1=O)C2=O. The van der Waals surface area contributed by atoms with Crippen molar-refractivity contribution >= 4 is 17.7 Å². The van der Waals surface area contributed by atoms with Gasteiger partial charge in [-0.3, -0.25) is 24.6 Å². The van der Waals surface area contributed by atoms with Gasteiger partial charge >= 0.3 is 0 Å². The molecule has 4 rings (SSSR count). The van der Waals surface area contributed by atoms with E-state index in [1.165, 1.54) is 12.0 Å². The number of amides is 3. The van der Waals surface area contributed by atoms with E-state index in [4.69, 9.17) is 5.73 Å². The number of carbonyl (C=O) groups excluding carboxylic acids is 3. The van der Waals surface area contributed by atoms with E-state index >= 15 is 0 Å². The van der Waals surface area contributed by atoms with Gasteiger partial charge in [-0.1, -0.05) is 12.1 Å². The molecule has 0 spiro atoms. The summed E-state index contributed by atoms with van der Waals surface area (Å²) in [5.41, 5.74) is 8.64. The van der Waals surface area contributed by atoms with Crippen molar-refractivity contribution in [2.75, 3.05) is 13.1 Å². The highest BCUT2D eigenvalue weighted by Gasteiger charge is 2.39. The number of likely N-dealkylation sites (tertiary alicyclic amines) is 1. The van der Waals surface area contributed by atoms with Crippen molar-refractivity contribution in [1.82, 2.24) is 15.1 Å². The Morgan fingerprint density at radius 2 is 2.04 bits per heavy atom. The van der Waals surface area contributed by atoms with Gasteiger partial charge in [0.15, 0.2) is 0 Å². The highest BCUT2D eigenvalue weighted by atomic mass is 16.2. The Morgan fingerprint density at radius 3 is 2.81 bits per heavy atom. The molecule has 3 N–H and O–H groups in total. The first-order chi connectivity index (χ1) is 12.6. The fourth-order valence-electron chi connectivity index (χ4n) is 4.33. The van der Waals surface area contributed by atoms with E-state index in [0.29, 0.717) is 31.1 Å². The largest absolute Gasteiger partial charge is 0.329 e. The topological polar surface area (TPSA) is 95.7 Å². The van der Waals surface area contributed by atoms with Crippen molar-refractivity contribution in [2.24, 2.45) is 5.73 Å². The van der Waals surface area contributed by atoms with Gasteiger partial charge in [-0.2, -0.15) is 0 Å². The van der Waals surface area contributed by atoms with E-state index in [1.807, 2.05) is 12.1 Å². The van der Waals surface area contributed by atoms with Crippen molar-refractivity contribution < 1.29 is 14.4 Å². The summed E-state index contributed by atoms with van der Waals surface area (Å²) in [5, 5.41) is 2.33. The highest BCUT2D eigenvalue weighted by Crippen LogP contribution is 2.29. The monoisotopic (exact) mass is 356 g/mol. The minimum absolute atomic E-state index is 0.123. The third-order valence-corrected chi connectivity index (χ3v) is 5.74. The van der Waals surface area contributed by atoms with Gasteiger partial charge in [-0.05, 0) is 43.0 Å². The number of hydrogen-bond acceptors (Lipinski definition) is 5. The van der Waals surface area contributed by atoms with Gasteiger partial charge < -0.3 is 10.6 Å². The van der Waals surface area contributed by atoms with Gasteiger partial charge in [0.05, 0.1) is 0 Å². The van der Waals surface area contributed by atoms with Crippen molar-refractivity contribution in [3.05, 3.63) is 34.9 Å². The number of piperidine rings is 1. The average Bonchev–Trinajstić information content (AvgIpc) is 3.19. The van der Waals surface area contributed by atoms with E-state index in [2.05, 4.69) is 16.3 Å². The molecule has 3 aliphatic heterocycles. The first-order valence-corrected chi connectivity index (χ1v) is 9.27. The fourth-order valence-corrected chi connectivity index (χ4v) is 4.33. The number of benzene rings is 1. The smallest absolute Gasteiger partial charge is 0.255 e. The van der Waals surface area contributed by atoms with Crippen LogP contribution in [0.25, 0.3) is 0 Å². The Balaban J connectivity index is 1.50. The lowest BCUT2D eigenvalue weighted by atomic mass is 10.0. The van der Waals surface area contributed by atoms with Crippen LogP contribution in [-0.2, 0) is 22.7 Å². The summed E-state index contributed by atoms with van der Waals surface area (Å²) in [4.78, 5) is 40.2. The van der Waals surface area contributed by atoms with Crippen LogP contribution in [-0.4, -0.2) is 52.7 Å². The zero-order valence-corrected chi connectivity index (χ0v) is 14.7. The molecule has 7 heteroatoms. The molecule has 138 valence electrons. The Hall–Kier alpha value is -2.25. The maximum absolute atomic E-state index is 12.7. The summed E-state index contributed by atoms with van der Waals surface area (Å²) < 4.78 is 0. The first kappa shape index (κ1) is 17.2. The number of rotatable bonds is 4. The minimum Gasteiger partial charge on any atom is -0.329 e. The van der Waals surface area contributed by atoms with Crippen LogP contribution in [0.3, 0.4) is 0 Å². The molecule has 26 heavy (non-hydrogen) atoms. The van der Waals surface area contributed by atoms with E-state index < -0.39 is 6.04 Å². The van der Waals surface area contributed by atoms with Gasteiger partial charge in [-0.25, -0.2) is 0 Å². The molecule has 2 unspecified atom stereocenters. The molecule has 1 aromatic carbocycles. The summed E-state index contributed by atoms with van der Waals surface area (Å²) >= 11 is 0. The predicted octanol–water partition coefficient (Wildman–Crippen LogP) is 0.371. The van der Waals surface area contributed by atoms with Crippen LogP contribution in [0.2, 0.25) is 0 Å². The normalized spacial score (nSPS) is 26.3. The molecular weight excluding hydrogens is 332 g/mol. The molecule has 3 aliphatic rings. The molecule has 2 atom stereocenters. The molecule has 0 aliphatic carbocycles. The molecule has 2 fully saturated rings. The van der Waals surface area contributed by atoms with E-state index in [-0.39, 0.29) is 24.1 Å². The summed E-state index contributed by atoms with van der Waals surface area (Å²) in [6.45, 7) is 2.99. The number of hydrogen-bond donors (Lipinski definition) is 2. The van der Waals surface area contributed by atoms with Crippen LogP contribution in [0.4, 0.5) is 0 Å². The molecule has 0 radical (unpaired) electrons. The summed E-state index contributed by atoms with van der Waals surface area (Å²) in [5.74, 6) is -0.759. The van der Waals surface area contributed by atoms with Crippen LogP contribution in [0.1, 0.15) is 47.2 Å². The minimum atomic E-state index is -0.559. The number of carbonyl (C=O) groups is 3. The average molecular weight is 356 g/mol. The maximum Gasteiger partial charge on any atom is 0.255 e. The van der Waals surface area contributed by atoms with Crippen molar-refractivity contribution in [3.8, 4) is 0 Å². The van der Waals surface area contributed by atoms with Gasteiger partial charge in [0, 0.05) is 37.7 Å². The van der Waals surface area contributed by atoms with Crippen molar-refractivity contribution in [3.63, 3.8) is 0 Å². The van der Waals surface area contributed by atoms with Gasteiger partial charge in [0.1, 0.15) is 6.04 Å². The molecule has 1 aromatic rings. The zero-order valence-electron chi connectivity index (χ0n) is 14.7. The van der Waals surface area contributed by atoms with E-state index in [0.717, 1.165) is 25.1 Å². The van der Waals surface area contributed by atoms with Gasteiger partial charge in [0.25, 0.3) is 5.91 Å². The Morgan fingerprint density at radius 1 is 1.19 bits per heavy atom. The van der Waals surface area contributed by atoms with E-state index in [9.17, 15) is 14.4 Å². The predicted molar refractivity (Wildman–Crippen MR) is 95.0 cm³/mol. The molecule has 0 aromatic heterocycles. The molecule has 3 amide bonds. The Labute approximate surface area is 152 Å².